The summed E-state index contributed by atoms with van der Waals surface area (Å²) < 4.78 is 5.47. The molecule has 5 heteroatoms. The van der Waals surface area contributed by atoms with E-state index in [0.717, 1.165) is 31.4 Å². The molecule has 0 aromatic carbocycles. The van der Waals surface area contributed by atoms with Gasteiger partial charge in [-0.3, -0.25) is 14.8 Å². The molecule has 4 rings (SSSR count). The highest BCUT2D eigenvalue weighted by Gasteiger charge is 2.27. The number of aromatic nitrogens is 1. The number of anilines is 1. The fourth-order valence-electron chi connectivity index (χ4n) is 3.97. The van der Waals surface area contributed by atoms with Gasteiger partial charge in [0.05, 0.1) is 12.8 Å². The zero-order chi connectivity index (χ0) is 16.2. The minimum atomic E-state index is 0.748. The lowest BCUT2D eigenvalue weighted by Crippen LogP contribution is -2.53. The lowest BCUT2D eigenvalue weighted by Gasteiger charge is -2.43. The number of likely N-dealkylation sites (tertiary alicyclic amines) is 1. The molecular formula is C19H26N4O. The van der Waals surface area contributed by atoms with Gasteiger partial charge in [0.25, 0.3) is 0 Å². The fourth-order valence-corrected chi connectivity index (χ4v) is 3.97. The molecule has 0 bridgehead atoms. The molecule has 0 amide bonds. The van der Waals surface area contributed by atoms with Gasteiger partial charge in [0, 0.05) is 63.4 Å². The van der Waals surface area contributed by atoms with Crippen LogP contribution in [0, 0.1) is 0 Å². The van der Waals surface area contributed by atoms with Gasteiger partial charge >= 0.3 is 0 Å². The molecule has 2 fully saturated rings. The molecule has 0 atom stereocenters. The Kier molecular flexibility index (Phi) is 4.81. The molecule has 128 valence electrons. The Labute approximate surface area is 143 Å². The van der Waals surface area contributed by atoms with Crippen molar-refractivity contribution in [2.45, 2.75) is 25.4 Å². The first-order chi connectivity index (χ1) is 11.9. The lowest BCUT2D eigenvalue weighted by atomic mass is 10.0. The average molecular weight is 326 g/mol. The molecule has 2 aromatic heterocycles. The van der Waals surface area contributed by atoms with Gasteiger partial charge in [-0.05, 0) is 37.1 Å². The second-order valence-electron chi connectivity index (χ2n) is 6.82. The van der Waals surface area contributed by atoms with Gasteiger partial charge in [-0.2, -0.15) is 0 Å². The Morgan fingerprint density at radius 3 is 2.38 bits per heavy atom. The summed E-state index contributed by atoms with van der Waals surface area (Å²) in [5, 5.41) is 0. The van der Waals surface area contributed by atoms with Crippen molar-refractivity contribution < 1.29 is 4.42 Å². The van der Waals surface area contributed by atoms with Gasteiger partial charge in [-0.25, -0.2) is 0 Å². The van der Waals surface area contributed by atoms with Crippen LogP contribution in [0.3, 0.4) is 0 Å². The van der Waals surface area contributed by atoms with Gasteiger partial charge in [0.2, 0.25) is 0 Å². The summed E-state index contributed by atoms with van der Waals surface area (Å²) in [7, 11) is 0. The molecule has 24 heavy (non-hydrogen) atoms. The standard InChI is InChI=1S/C19H26N4O/c1-2-19(24-15-1)16-21-9-5-18(6-10-21)23-13-11-22(12-14-23)17-3-7-20-8-4-17/h1-4,7-8,15,18H,5-6,9-14,16H2. The highest BCUT2D eigenvalue weighted by Crippen LogP contribution is 2.22. The summed E-state index contributed by atoms with van der Waals surface area (Å²) in [6.07, 6.45) is 8.09. The molecular weight excluding hydrogens is 300 g/mol. The fraction of sp³-hybridized carbons (Fsp3) is 0.526. The van der Waals surface area contributed by atoms with Gasteiger partial charge in [-0.15, -0.1) is 0 Å². The molecule has 0 saturated carbocycles. The van der Waals surface area contributed by atoms with Crippen LogP contribution in [0.15, 0.2) is 47.3 Å². The van der Waals surface area contributed by atoms with Crippen molar-refractivity contribution >= 4 is 5.69 Å². The van der Waals surface area contributed by atoms with Crippen molar-refractivity contribution in [1.82, 2.24) is 14.8 Å². The second kappa shape index (κ2) is 7.36. The predicted molar refractivity (Wildman–Crippen MR) is 95.0 cm³/mol. The van der Waals surface area contributed by atoms with Crippen LogP contribution in [0.4, 0.5) is 5.69 Å². The van der Waals surface area contributed by atoms with Gasteiger partial charge < -0.3 is 9.32 Å². The third-order valence-electron chi connectivity index (χ3n) is 5.38. The maximum atomic E-state index is 5.47. The average Bonchev–Trinajstić information content (AvgIpc) is 3.16. The molecule has 2 saturated heterocycles. The van der Waals surface area contributed by atoms with E-state index < -0.39 is 0 Å². The van der Waals surface area contributed by atoms with E-state index >= 15 is 0 Å². The number of pyridine rings is 1. The predicted octanol–water partition coefficient (Wildman–Crippen LogP) is 2.46. The monoisotopic (exact) mass is 326 g/mol. The van der Waals surface area contributed by atoms with E-state index in [2.05, 4.69) is 37.9 Å². The maximum Gasteiger partial charge on any atom is 0.117 e. The van der Waals surface area contributed by atoms with Crippen LogP contribution in [0.1, 0.15) is 18.6 Å². The van der Waals surface area contributed by atoms with Gasteiger partial charge in [0.1, 0.15) is 5.76 Å². The molecule has 2 aromatic rings. The number of nitrogens with zero attached hydrogens (tertiary/aromatic N) is 4. The normalized spacial score (nSPS) is 21.2. The smallest absolute Gasteiger partial charge is 0.117 e. The summed E-state index contributed by atoms with van der Waals surface area (Å²) in [4.78, 5) is 11.8. The molecule has 2 aliphatic rings. The molecule has 5 nitrogen and oxygen atoms in total. The Balaban J connectivity index is 1.24. The second-order valence-corrected chi connectivity index (χ2v) is 6.82. The first kappa shape index (κ1) is 15.7. The van der Waals surface area contributed by atoms with E-state index in [0.29, 0.717) is 0 Å². The molecule has 0 unspecified atom stereocenters. The molecule has 0 N–H and O–H groups in total. The van der Waals surface area contributed by atoms with Crippen molar-refractivity contribution in [1.29, 1.82) is 0 Å². The zero-order valence-electron chi connectivity index (χ0n) is 14.2. The van der Waals surface area contributed by atoms with Gasteiger partial charge in [-0.1, -0.05) is 0 Å². The Bertz CT molecular complexity index is 600. The number of hydrogen-bond donors (Lipinski definition) is 0. The van der Waals surface area contributed by atoms with Crippen molar-refractivity contribution in [3.63, 3.8) is 0 Å². The quantitative estimate of drug-likeness (QED) is 0.862. The van der Waals surface area contributed by atoms with Crippen molar-refractivity contribution in [2.75, 3.05) is 44.2 Å². The Morgan fingerprint density at radius 1 is 0.958 bits per heavy atom. The van der Waals surface area contributed by atoms with Crippen LogP contribution in [-0.2, 0) is 6.54 Å². The number of piperidine rings is 1. The van der Waals surface area contributed by atoms with E-state index in [-0.39, 0.29) is 0 Å². The summed E-state index contributed by atoms with van der Waals surface area (Å²) in [5.74, 6) is 1.08. The minimum absolute atomic E-state index is 0.748. The minimum Gasteiger partial charge on any atom is -0.468 e. The summed E-state index contributed by atoms with van der Waals surface area (Å²) in [6, 6.07) is 9.03. The molecule has 0 aliphatic carbocycles. The van der Waals surface area contributed by atoms with Crippen molar-refractivity contribution in [2.24, 2.45) is 0 Å². The third-order valence-corrected chi connectivity index (χ3v) is 5.38. The highest BCUT2D eigenvalue weighted by molar-refractivity contribution is 5.44. The van der Waals surface area contributed by atoms with E-state index in [1.54, 1.807) is 6.26 Å². The zero-order valence-corrected chi connectivity index (χ0v) is 14.2. The third kappa shape index (κ3) is 3.62. The number of furan rings is 1. The Morgan fingerprint density at radius 2 is 1.71 bits per heavy atom. The van der Waals surface area contributed by atoms with Crippen LogP contribution in [0.2, 0.25) is 0 Å². The lowest BCUT2D eigenvalue weighted by molar-refractivity contribution is 0.0962. The molecule has 4 heterocycles. The number of rotatable bonds is 4. The van der Waals surface area contributed by atoms with Gasteiger partial charge in [0.15, 0.2) is 0 Å². The van der Waals surface area contributed by atoms with E-state index in [4.69, 9.17) is 4.42 Å². The topological polar surface area (TPSA) is 35.8 Å². The number of piperazine rings is 1. The number of hydrogen-bond acceptors (Lipinski definition) is 5. The van der Waals surface area contributed by atoms with Crippen molar-refractivity contribution in [3.8, 4) is 0 Å². The summed E-state index contributed by atoms with van der Waals surface area (Å²) in [5.41, 5.74) is 1.30. The van der Waals surface area contributed by atoms with Crippen LogP contribution >= 0.6 is 0 Å². The first-order valence-corrected chi connectivity index (χ1v) is 9.02. The van der Waals surface area contributed by atoms with E-state index in [1.807, 2.05) is 18.5 Å². The van der Waals surface area contributed by atoms with E-state index in [1.165, 1.54) is 44.7 Å². The van der Waals surface area contributed by atoms with Crippen LogP contribution < -0.4 is 4.90 Å². The van der Waals surface area contributed by atoms with E-state index in [9.17, 15) is 0 Å². The first-order valence-electron chi connectivity index (χ1n) is 9.02. The summed E-state index contributed by atoms with van der Waals surface area (Å²) >= 11 is 0. The molecule has 0 radical (unpaired) electrons. The molecule has 0 spiro atoms. The summed E-state index contributed by atoms with van der Waals surface area (Å²) in [6.45, 7) is 7.89. The van der Waals surface area contributed by atoms with Crippen LogP contribution in [0.5, 0.6) is 0 Å². The highest BCUT2D eigenvalue weighted by atomic mass is 16.3. The molecule has 2 aliphatic heterocycles. The SMILES string of the molecule is c1coc(CN2CCC(N3CCN(c4ccncc4)CC3)CC2)c1. The largest absolute Gasteiger partial charge is 0.468 e. The maximum absolute atomic E-state index is 5.47. The van der Waals surface area contributed by atoms with Crippen LogP contribution in [-0.4, -0.2) is 60.1 Å². The van der Waals surface area contributed by atoms with Crippen molar-refractivity contribution in [3.05, 3.63) is 48.7 Å². The Hall–Kier alpha value is -1.85. The van der Waals surface area contributed by atoms with Crippen LogP contribution in [0.25, 0.3) is 0 Å².